The molecule has 3 rings (SSSR count). The Labute approximate surface area is 173 Å². The number of carbonyl (C=O) groups is 1. The molecule has 1 saturated heterocycles. The zero-order chi connectivity index (χ0) is 19.1. The van der Waals surface area contributed by atoms with Gasteiger partial charge in [-0.2, -0.15) is 0 Å². The molecule has 28 heavy (non-hydrogen) atoms. The second-order valence-corrected chi connectivity index (χ2v) is 7.38. The van der Waals surface area contributed by atoms with E-state index >= 15 is 0 Å². The summed E-state index contributed by atoms with van der Waals surface area (Å²) in [5.74, 6) is -0.711. The molecular formula is C23H30ClNO3. The zero-order valence-electron chi connectivity index (χ0n) is 16.4. The molecule has 1 heterocycles. The number of benzene rings is 2. The van der Waals surface area contributed by atoms with Crippen molar-refractivity contribution in [3.8, 4) is 0 Å². The normalized spacial score (nSPS) is 16.3. The van der Waals surface area contributed by atoms with Crippen LogP contribution in [-0.4, -0.2) is 41.7 Å². The van der Waals surface area contributed by atoms with Crippen molar-refractivity contribution in [2.75, 3.05) is 19.6 Å². The molecule has 1 N–H and O–H groups in total. The third-order valence-corrected chi connectivity index (χ3v) is 5.21. The molecule has 0 spiro atoms. The summed E-state index contributed by atoms with van der Waals surface area (Å²) in [6, 6.07) is 19.0. The lowest BCUT2D eigenvalue weighted by Gasteiger charge is -2.34. The van der Waals surface area contributed by atoms with Crippen LogP contribution in [0.2, 0.25) is 0 Å². The quantitative estimate of drug-likeness (QED) is 0.684. The summed E-state index contributed by atoms with van der Waals surface area (Å²) in [6.07, 6.45) is 3.13. The van der Waals surface area contributed by atoms with Crippen LogP contribution in [-0.2, 0) is 9.53 Å². The van der Waals surface area contributed by atoms with Crippen molar-refractivity contribution in [2.24, 2.45) is 0 Å². The molecule has 1 aliphatic rings. The van der Waals surface area contributed by atoms with Gasteiger partial charge in [0.25, 0.3) is 0 Å². The van der Waals surface area contributed by atoms with Crippen LogP contribution in [0.25, 0.3) is 0 Å². The highest BCUT2D eigenvalue weighted by molar-refractivity contribution is 5.85. The second kappa shape index (κ2) is 11.2. The Morgan fingerprint density at radius 2 is 1.68 bits per heavy atom. The van der Waals surface area contributed by atoms with Crippen LogP contribution in [0.5, 0.6) is 0 Å². The number of rotatable bonds is 8. The number of carboxylic acid groups (broad SMARTS) is 1. The first-order chi connectivity index (χ1) is 13.1. The summed E-state index contributed by atoms with van der Waals surface area (Å²) in [4.78, 5) is 13.0. The van der Waals surface area contributed by atoms with Crippen molar-refractivity contribution in [3.05, 3.63) is 71.3 Å². The predicted octanol–water partition coefficient (Wildman–Crippen LogP) is 4.85. The first-order valence-electron chi connectivity index (χ1n) is 9.83. The Kier molecular flexibility index (Phi) is 8.97. The van der Waals surface area contributed by atoms with Crippen molar-refractivity contribution in [1.82, 2.24) is 4.90 Å². The zero-order valence-corrected chi connectivity index (χ0v) is 17.2. The minimum Gasteiger partial charge on any atom is -0.481 e. The number of hydrogen-bond donors (Lipinski definition) is 1. The maximum absolute atomic E-state index is 10.7. The Balaban J connectivity index is 0.00000280. The molecule has 0 aromatic heterocycles. The highest BCUT2D eigenvalue weighted by Gasteiger charge is 2.24. The minimum absolute atomic E-state index is 0. The minimum atomic E-state index is -0.711. The largest absolute Gasteiger partial charge is 0.481 e. The summed E-state index contributed by atoms with van der Waals surface area (Å²) >= 11 is 0. The van der Waals surface area contributed by atoms with Gasteiger partial charge in [0.05, 0.1) is 6.10 Å². The first kappa shape index (κ1) is 22.4. The standard InChI is InChI=1S/C23H29NO3.ClH/c1-18-9-11-20(12-10-18)23(19-6-3-2-4-7-19)27-21-13-16-24(17-14-21)15-5-8-22(25)26;/h2-4,6-7,9-12,21,23H,5,8,13-17H2,1H3,(H,25,26);1H. The maximum atomic E-state index is 10.7. The Hall–Kier alpha value is -1.88. The number of ether oxygens (including phenoxy) is 1. The van der Waals surface area contributed by atoms with Gasteiger partial charge in [0.2, 0.25) is 0 Å². The van der Waals surface area contributed by atoms with E-state index in [4.69, 9.17) is 9.84 Å². The first-order valence-corrected chi connectivity index (χ1v) is 9.83. The lowest BCUT2D eigenvalue weighted by atomic mass is 9.99. The number of hydrogen-bond acceptors (Lipinski definition) is 3. The van der Waals surface area contributed by atoms with E-state index in [1.165, 1.54) is 16.7 Å². The number of likely N-dealkylation sites (tertiary alicyclic amines) is 1. The number of carboxylic acids is 1. The smallest absolute Gasteiger partial charge is 0.303 e. The van der Waals surface area contributed by atoms with E-state index in [0.717, 1.165) is 38.9 Å². The van der Waals surface area contributed by atoms with Crippen LogP contribution < -0.4 is 0 Å². The Morgan fingerprint density at radius 3 is 2.29 bits per heavy atom. The number of nitrogens with zero attached hydrogens (tertiary/aromatic N) is 1. The van der Waals surface area contributed by atoms with Crippen molar-refractivity contribution in [3.63, 3.8) is 0 Å². The fraction of sp³-hybridized carbons (Fsp3) is 0.435. The fourth-order valence-electron chi connectivity index (χ4n) is 3.63. The summed E-state index contributed by atoms with van der Waals surface area (Å²) in [5.41, 5.74) is 3.63. The number of aryl methyl sites for hydroxylation is 1. The van der Waals surface area contributed by atoms with Crippen molar-refractivity contribution in [1.29, 1.82) is 0 Å². The highest BCUT2D eigenvalue weighted by Crippen LogP contribution is 2.30. The van der Waals surface area contributed by atoms with Gasteiger partial charge >= 0.3 is 5.97 Å². The van der Waals surface area contributed by atoms with Gasteiger partial charge in [-0.05, 0) is 43.9 Å². The molecule has 1 aliphatic heterocycles. The summed E-state index contributed by atoms with van der Waals surface area (Å²) < 4.78 is 6.57. The molecule has 1 fully saturated rings. The Morgan fingerprint density at radius 1 is 1.07 bits per heavy atom. The van der Waals surface area contributed by atoms with E-state index < -0.39 is 5.97 Å². The molecule has 1 unspecified atom stereocenters. The van der Waals surface area contributed by atoms with Crippen LogP contribution in [0.4, 0.5) is 0 Å². The molecule has 0 radical (unpaired) electrons. The molecule has 4 nitrogen and oxygen atoms in total. The molecule has 5 heteroatoms. The number of halogens is 1. The fourth-order valence-corrected chi connectivity index (χ4v) is 3.63. The van der Waals surface area contributed by atoms with Gasteiger partial charge < -0.3 is 14.7 Å². The van der Waals surface area contributed by atoms with Crippen molar-refractivity contribution in [2.45, 2.75) is 44.8 Å². The molecule has 2 aromatic rings. The molecule has 2 aromatic carbocycles. The second-order valence-electron chi connectivity index (χ2n) is 7.38. The Bertz CT molecular complexity index is 712. The van der Waals surface area contributed by atoms with Gasteiger partial charge in [-0.1, -0.05) is 60.2 Å². The van der Waals surface area contributed by atoms with Crippen LogP contribution in [0, 0.1) is 6.92 Å². The third kappa shape index (κ3) is 6.62. The lowest BCUT2D eigenvalue weighted by molar-refractivity contribution is -0.137. The monoisotopic (exact) mass is 403 g/mol. The van der Waals surface area contributed by atoms with E-state index in [-0.39, 0.29) is 31.0 Å². The van der Waals surface area contributed by atoms with Crippen molar-refractivity contribution >= 4 is 18.4 Å². The van der Waals surface area contributed by atoms with E-state index in [2.05, 4.69) is 60.4 Å². The third-order valence-electron chi connectivity index (χ3n) is 5.21. The van der Waals surface area contributed by atoms with Gasteiger partial charge in [0.15, 0.2) is 0 Å². The number of piperidine rings is 1. The molecule has 1 atom stereocenters. The predicted molar refractivity (Wildman–Crippen MR) is 114 cm³/mol. The summed E-state index contributed by atoms with van der Waals surface area (Å²) in [5, 5.41) is 8.78. The van der Waals surface area contributed by atoms with E-state index in [9.17, 15) is 4.79 Å². The highest BCUT2D eigenvalue weighted by atomic mass is 35.5. The molecule has 0 bridgehead atoms. The van der Waals surface area contributed by atoms with E-state index in [1.807, 2.05) is 6.07 Å². The van der Waals surface area contributed by atoms with Gasteiger partial charge in [-0.3, -0.25) is 4.79 Å². The molecule has 0 amide bonds. The number of aliphatic carboxylic acids is 1. The topological polar surface area (TPSA) is 49.8 Å². The van der Waals surface area contributed by atoms with Crippen LogP contribution in [0.1, 0.15) is 48.5 Å². The molecular weight excluding hydrogens is 374 g/mol. The summed E-state index contributed by atoms with van der Waals surface area (Å²) in [6.45, 7) is 4.90. The lowest BCUT2D eigenvalue weighted by Crippen LogP contribution is -2.38. The maximum Gasteiger partial charge on any atom is 0.303 e. The van der Waals surface area contributed by atoms with Gasteiger partial charge in [-0.25, -0.2) is 0 Å². The van der Waals surface area contributed by atoms with Crippen LogP contribution >= 0.6 is 12.4 Å². The average Bonchev–Trinajstić information content (AvgIpc) is 2.68. The van der Waals surface area contributed by atoms with Crippen LogP contribution in [0.15, 0.2) is 54.6 Å². The molecule has 0 aliphatic carbocycles. The molecule has 0 saturated carbocycles. The average molecular weight is 404 g/mol. The van der Waals surface area contributed by atoms with E-state index in [0.29, 0.717) is 0 Å². The summed E-state index contributed by atoms with van der Waals surface area (Å²) in [7, 11) is 0. The van der Waals surface area contributed by atoms with E-state index in [1.54, 1.807) is 0 Å². The van der Waals surface area contributed by atoms with Crippen LogP contribution in [0.3, 0.4) is 0 Å². The molecule has 152 valence electrons. The SMILES string of the molecule is Cc1ccc(C(OC2CCN(CCCC(=O)O)CC2)c2ccccc2)cc1.Cl. The van der Waals surface area contributed by atoms with Gasteiger partial charge in [0.1, 0.15) is 6.10 Å². The van der Waals surface area contributed by atoms with Crippen molar-refractivity contribution < 1.29 is 14.6 Å². The van der Waals surface area contributed by atoms with Gasteiger partial charge in [0, 0.05) is 19.5 Å². The van der Waals surface area contributed by atoms with Gasteiger partial charge in [-0.15, -0.1) is 12.4 Å².